The van der Waals surface area contributed by atoms with E-state index in [1.165, 1.54) is 63.5 Å². The highest BCUT2D eigenvalue weighted by Crippen LogP contribution is 2.57. The topological polar surface area (TPSA) is 29.5 Å². The molecule has 158 valence electrons. The summed E-state index contributed by atoms with van der Waals surface area (Å²) in [6, 6.07) is 0. The molecule has 2 heteroatoms. The molecule has 0 radical (unpaired) electrons. The molecule has 1 unspecified atom stereocenters. The van der Waals surface area contributed by atoms with Crippen LogP contribution in [0.3, 0.4) is 0 Å². The van der Waals surface area contributed by atoms with Gasteiger partial charge in [0.2, 0.25) is 0 Å². The standard InChI is InChI=1S/C26H42O2/c1-4-5-6-13-28-20-8-10-21-18(15-20)7-9-23-22(21)11-12-24-25(23)16-19(26(24)27)14-17(2)3/h8,17,19,22-27H,4-7,9-16H2,1-3H3/t19?,22-,23-,24+,25+,26+/m1/s1. The number of fused-ring (bicyclic) bond motifs is 4. The van der Waals surface area contributed by atoms with Gasteiger partial charge in [-0.15, -0.1) is 0 Å². The summed E-state index contributed by atoms with van der Waals surface area (Å²) >= 11 is 0. The van der Waals surface area contributed by atoms with Gasteiger partial charge in [-0.25, -0.2) is 0 Å². The predicted molar refractivity (Wildman–Crippen MR) is 116 cm³/mol. The molecule has 2 saturated carbocycles. The average molecular weight is 387 g/mol. The van der Waals surface area contributed by atoms with Crippen LogP contribution in [0.1, 0.15) is 91.4 Å². The van der Waals surface area contributed by atoms with Crippen LogP contribution in [0, 0.1) is 35.5 Å². The highest BCUT2D eigenvalue weighted by atomic mass is 16.5. The molecular weight excluding hydrogens is 344 g/mol. The number of ether oxygens (including phenoxy) is 1. The summed E-state index contributed by atoms with van der Waals surface area (Å²) in [6.45, 7) is 7.77. The first-order chi connectivity index (χ1) is 13.6. The Balaban J connectivity index is 1.39. The van der Waals surface area contributed by atoms with Crippen LogP contribution >= 0.6 is 0 Å². The van der Waals surface area contributed by atoms with Gasteiger partial charge in [0, 0.05) is 6.42 Å². The zero-order valence-corrected chi connectivity index (χ0v) is 18.5. The van der Waals surface area contributed by atoms with Crippen LogP contribution in [0.2, 0.25) is 0 Å². The van der Waals surface area contributed by atoms with E-state index in [0.717, 1.165) is 37.2 Å². The molecule has 1 N–H and O–H groups in total. The van der Waals surface area contributed by atoms with E-state index in [-0.39, 0.29) is 6.10 Å². The molecule has 2 nitrogen and oxygen atoms in total. The SMILES string of the molecule is CCCCCOC1=CCC2=C(CC[C@H]3[C@@H]4CC(CC(C)C)[C@H](O)[C@H]4CC[C@H]23)C1. The summed E-state index contributed by atoms with van der Waals surface area (Å²) in [5, 5.41) is 11.0. The highest BCUT2D eigenvalue weighted by Gasteiger charge is 2.51. The lowest BCUT2D eigenvalue weighted by Crippen LogP contribution is -2.38. The van der Waals surface area contributed by atoms with Crippen LogP contribution in [0.15, 0.2) is 23.0 Å². The Labute approximate surface area is 172 Å². The minimum atomic E-state index is -0.0295. The maximum Gasteiger partial charge on any atom is 0.0963 e. The number of allylic oxidation sites excluding steroid dienone is 3. The summed E-state index contributed by atoms with van der Waals surface area (Å²) in [5.74, 6) is 5.51. The van der Waals surface area contributed by atoms with E-state index in [2.05, 4.69) is 26.8 Å². The van der Waals surface area contributed by atoms with Gasteiger partial charge in [0.25, 0.3) is 0 Å². The Morgan fingerprint density at radius 1 is 1.11 bits per heavy atom. The van der Waals surface area contributed by atoms with Crippen molar-refractivity contribution in [3.8, 4) is 0 Å². The molecule has 0 aromatic heterocycles. The third-order valence-electron chi connectivity index (χ3n) is 8.35. The molecule has 0 amide bonds. The molecule has 0 heterocycles. The van der Waals surface area contributed by atoms with E-state index in [9.17, 15) is 5.11 Å². The second-order valence-corrected chi connectivity index (χ2v) is 10.6. The molecule has 4 rings (SSSR count). The lowest BCUT2D eigenvalue weighted by Gasteiger charge is -2.46. The van der Waals surface area contributed by atoms with Gasteiger partial charge in [-0.1, -0.05) is 44.8 Å². The van der Waals surface area contributed by atoms with E-state index < -0.39 is 0 Å². The van der Waals surface area contributed by atoms with Gasteiger partial charge in [-0.3, -0.25) is 0 Å². The first kappa shape index (κ1) is 20.5. The van der Waals surface area contributed by atoms with Gasteiger partial charge < -0.3 is 9.84 Å². The van der Waals surface area contributed by atoms with Crippen molar-refractivity contribution >= 4 is 0 Å². The molecule has 6 atom stereocenters. The zero-order valence-electron chi connectivity index (χ0n) is 18.5. The largest absolute Gasteiger partial charge is 0.498 e. The first-order valence-corrected chi connectivity index (χ1v) is 12.3. The molecule has 4 aliphatic carbocycles. The predicted octanol–water partition coefficient (Wildman–Crippen LogP) is 6.65. The fourth-order valence-electron chi connectivity index (χ4n) is 7.15. The average Bonchev–Trinajstić information content (AvgIpc) is 3.00. The van der Waals surface area contributed by atoms with Crippen molar-refractivity contribution in [2.24, 2.45) is 35.5 Å². The number of aliphatic hydroxyl groups excluding tert-OH is 1. The maximum absolute atomic E-state index is 11.0. The lowest BCUT2D eigenvalue weighted by molar-refractivity contribution is 0.0315. The van der Waals surface area contributed by atoms with Crippen molar-refractivity contribution in [1.29, 1.82) is 0 Å². The van der Waals surface area contributed by atoms with Crippen LogP contribution in [0.25, 0.3) is 0 Å². The molecule has 2 fully saturated rings. The van der Waals surface area contributed by atoms with E-state index >= 15 is 0 Å². The Bertz CT molecular complexity index is 602. The Hall–Kier alpha value is -0.760. The minimum absolute atomic E-state index is 0.0295. The van der Waals surface area contributed by atoms with Crippen molar-refractivity contribution in [3.63, 3.8) is 0 Å². The molecule has 0 bridgehead atoms. The fraction of sp³-hybridized carbons (Fsp3) is 0.846. The van der Waals surface area contributed by atoms with Crippen LogP contribution in [-0.4, -0.2) is 17.8 Å². The molecule has 0 aliphatic heterocycles. The Morgan fingerprint density at radius 3 is 2.75 bits per heavy atom. The van der Waals surface area contributed by atoms with Gasteiger partial charge in [-0.2, -0.15) is 0 Å². The molecule has 28 heavy (non-hydrogen) atoms. The van der Waals surface area contributed by atoms with E-state index in [4.69, 9.17) is 4.74 Å². The number of hydrogen-bond donors (Lipinski definition) is 1. The number of hydrogen-bond acceptors (Lipinski definition) is 2. The monoisotopic (exact) mass is 386 g/mol. The quantitative estimate of drug-likeness (QED) is 0.392. The molecule has 0 aromatic carbocycles. The zero-order chi connectivity index (χ0) is 19.7. The smallest absolute Gasteiger partial charge is 0.0963 e. The molecule has 0 spiro atoms. The number of rotatable bonds is 7. The van der Waals surface area contributed by atoms with Gasteiger partial charge in [0.1, 0.15) is 0 Å². The van der Waals surface area contributed by atoms with Gasteiger partial charge in [0.15, 0.2) is 0 Å². The van der Waals surface area contributed by atoms with Crippen molar-refractivity contribution in [2.75, 3.05) is 6.61 Å². The van der Waals surface area contributed by atoms with Crippen molar-refractivity contribution in [3.05, 3.63) is 23.0 Å². The van der Waals surface area contributed by atoms with E-state index in [1.807, 2.05) is 0 Å². The Morgan fingerprint density at radius 2 is 1.96 bits per heavy atom. The third-order valence-corrected chi connectivity index (χ3v) is 8.35. The third kappa shape index (κ3) is 4.09. The minimum Gasteiger partial charge on any atom is -0.498 e. The highest BCUT2D eigenvalue weighted by molar-refractivity contribution is 5.32. The van der Waals surface area contributed by atoms with Crippen molar-refractivity contribution < 1.29 is 9.84 Å². The normalized spacial score (nSPS) is 37.4. The maximum atomic E-state index is 11.0. The summed E-state index contributed by atoms with van der Waals surface area (Å²) < 4.78 is 6.10. The molecule has 0 saturated heterocycles. The van der Waals surface area contributed by atoms with Gasteiger partial charge in [-0.05, 0) is 93.0 Å². The summed E-state index contributed by atoms with van der Waals surface area (Å²) in [5.41, 5.74) is 3.49. The second-order valence-electron chi connectivity index (χ2n) is 10.6. The summed E-state index contributed by atoms with van der Waals surface area (Å²) in [7, 11) is 0. The van der Waals surface area contributed by atoms with Crippen molar-refractivity contribution in [2.45, 2.75) is 97.5 Å². The van der Waals surface area contributed by atoms with Gasteiger partial charge in [0.05, 0.1) is 18.5 Å². The van der Waals surface area contributed by atoms with E-state index in [0.29, 0.717) is 17.8 Å². The molecular formula is C26H42O2. The van der Waals surface area contributed by atoms with Crippen LogP contribution in [0.5, 0.6) is 0 Å². The number of aliphatic hydroxyl groups is 1. The van der Waals surface area contributed by atoms with Gasteiger partial charge >= 0.3 is 0 Å². The second kappa shape index (κ2) is 8.94. The van der Waals surface area contributed by atoms with Crippen molar-refractivity contribution in [1.82, 2.24) is 0 Å². The van der Waals surface area contributed by atoms with Crippen LogP contribution in [-0.2, 0) is 4.74 Å². The molecule has 4 aliphatic rings. The van der Waals surface area contributed by atoms with Crippen LogP contribution < -0.4 is 0 Å². The lowest BCUT2D eigenvalue weighted by atomic mass is 9.59. The summed E-state index contributed by atoms with van der Waals surface area (Å²) in [6.07, 6.45) is 16.0. The number of unbranched alkanes of at least 4 members (excludes halogenated alkanes) is 2. The van der Waals surface area contributed by atoms with Crippen LogP contribution in [0.4, 0.5) is 0 Å². The Kier molecular flexibility index (Phi) is 6.55. The first-order valence-electron chi connectivity index (χ1n) is 12.3. The molecule has 0 aromatic rings. The van der Waals surface area contributed by atoms with E-state index in [1.54, 1.807) is 11.1 Å². The fourth-order valence-corrected chi connectivity index (χ4v) is 7.15. The summed E-state index contributed by atoms with van der Waals surface area (Å²) in [4.78, 5) is 0.